The molecule has 0 fully saturated rings. The lowest BCUT2D eigenvalue weighted by atomic mass is 10.2. The molecule has 1 heterocycles. The molecule has 106 valence electrons. The van der Waals surface area contributed by atoms with Crippen molar-refractivity contribution in [2.45, 2.75) is 17.8 Å². The lowest BCUT2D eigenvalue weighted by molar-refractivity contribution is 0.475. The Morgan fingerprint density at radius 1 is 1.05 bits per heavy atom. The van der Waals surface area contributed by atoms with Crippen LogP contribution in [0.25, 0.3) is 5.69 Å². The molecule has 0 radical (unpaired) electrons. The molecule has 0 aliphatic rings. The van der Waals surface area contributed by atoms with Crippen LogP contribution in [-0.4, -0.2) is 25.3 Å². The molecular formula is C15H14N4OS. The van der Waals surface area contributed by atoms with E-state index < -0.39 is 0 Å². The van der Waals surface area contributed by atoms with E-state index in [1.165, 1.54) is 11.1 Å². The van der Waals surface area contributed by atoms with E-state index in [0.29, 0.717) is 0 Å². The predicted molar refractivity (Wildman–Crippen MR) is 81.6 cm³/mol. The van der Waals surface area contributed by atoms with Crippen molar-refractivity contribution in [3.8, 4) is 11.4 Å². The summed E-state index contributed by atoms with van der Waals surface area (Å²) in [6, 6.07) is 15.2. The molecule has 0 atom stereocenters. The van der Waals surface area contributed by atoms with Crippen molar-refractivity contribution in [3.05, 3.63) is 59.7 Å². The maximum Gasteiger partial charge on any atom is 0.214 e. The van der Waals surface area contributed by atoms with Gasteiger partial charge in [0, 0.05) is 5.75 Å². The predicted octanol–water partition coefficient (Wildman–Crippen LogP) is 2.97. The lowest BCUT2D eigenvalue weighted by Crippen LogP contribution is -1.98. The fourth-order valence-corrected chi connectivity index (χ4v) is 2.70. The Morgan fingerprint density at radius 3 is 2.48 bits per heavy atom. The molecule has 1 N–H and O–H groups in total. The van der Waals surface area contributed by atoms with Crippen molar-refractivity contribution in [2.75, 3.05) is 0 Å². The van der Waals surface area contributed by atoms with Gasteiger partial charge in [-0.3, -0.25) is 0 Å². The zero-order chi connectivity index (χ0) is 14.7. The maximum absolute atomic E-state index is 9.33. The second-order valence-electron chi connectivity index (χ2n) is 4.66. The number of aromatic nitrogens is 4. The summed E-state index contributed by atoms with van der Waals surface area (Å²) in [5.74, 6) is 1.03. The number of rotatable bonds is 4. The van der Waals surface area contributed by atoms with Crippen molar-refractivity contribution in [3.63, 3.8) is 0 Å². The Bertz CT molecular complexity index is 722. The molecule has 0 saturated heterocycles. The van der Waals surface area contributed by atoms with Gasteiger partial charge in [0.05, 0.1) is 5.69 Å². The first-order valence-corrected chi connectivity index (χ1v) is 7.47. The summed E-state index contributed by atoms with van der Waals surface area (Å²) in [5, 5.41) is 21.8. The van der Waals surface area contributed by atoms with Gasteiger partial charge in [-0.15, -0.1) is 5.10 Å². The molecule has 3 rings (SSSR count). The average Bonchev–Trinajstić information content (AvgIpc) is 2.96. The fraction of sp³-hybridized carbons (Fsp3) is 0.133. The normalized spacial score (nSPS) is 10.7. The highest BCUT2D eigenvalue weighted by molar-refractivity contribution is 7.98. The fourth-order valence-electron chi connectivity index (χ4n) is 1.86. The number of hydrogen-bond donors (Lipinski definition) is 1. The van der Waals surface area contributed by atoms with E-state index in [1.807, 2.05) is 0 Å². The molecule has 0 aliphatic carbocycles. The maximum atomic E-state index is 9.33. The molecule has 2 aromatic carbocycles. The van der Waals surface area contributed by atoms with E-state index in [-0.39, 0.29) is 5.75 Å². The smallest absolute Gasteiger partial charge is 0.214 e. The zero-order valence-electron chi connectivity index (χ0n) is 11.5. The zero-order valence-corrected chi connectivity index (χ0v) is 12.3. The van der Waals surface area contributed by atoms with Gasteiger partial charge in [0.15, 0.2) is 0 Å². The summed E-state index contributed by atoms with van der Waals surface area (Å²) >= 11 is 1.58. The Balaban J connectivity index is 1.76. The van der Waals surface area contributed by atoms with Crippen molar-refractivity contribution in [1.82, 2.24) is 20.2 Å². The first-order chi connectivity index (χ1) is 10.2. The van der Waals surface area contributed by atoms with E-state index in [4.69, 9.17) is 0 Å². The van der Waals surface area contributed by atoms with Gasteiger partial charge in [0.2, 0.25) is 5.16 Å². The van der Waals surface area contributed by atoms with E-state index in [1.54, 1.807) is 40.7 Å². The quantitative estimate of drug-likeness (QED) is 0.750. The summed E-state index contributed by atoms with van der Waals surface area (Å²) in [7, 11) is 0. The summed E-state index contributed by atoms with van der Waals surface area (Å²) in [4.78, 5) is 0. The third-order valence-electron chi connectivity index (χ3n) is 3.02. The highest BCUT2D eigenvalue weighted by Gasteiger charge is 2.09. The average molecular weight is 298 g/mol. The summed E-state index contributed by atoms with van der Waals surface area (Å²) in [5.41, 5.74) is 3.30. The number of nitrogens with zero attached hydrogens (tertiary/aromatic N) is 4. The number of aryl methyl sites for hydroxylation is 1. The lowest BCUT2D eigenvalue weighted by Gasteiger charge is -2.04. The Morgan fingerprint density at radius 2 is 1.76 bits per heavy atom. The molecule has 0 aliphatic heterocycles. The molecule has 21 heavy (non-hydrogen) atoms. The molecular weight excluding hydrogens is 284 g/mol. The van der Waals surface area contributed by atoms with Crippen LogP contribution in [0.5, 0.6) is 5.75 Å². The van der Waals surface area contributed by atoms with E-state index in [9.17, 15) is 5.11 Å². The number of phenols is 1. The van der Waals surface area contributed by atoms with Gasteiger partial charge in [0.1, 0.15) is 5.75 Å². The molecule has 0 spiro atoms. The largest absolute Gasteiger partial charge is 0.508 e. The number of aromatic hydroxyl groups is 1. The van der Waals surface area contributed by atoms with Gasteiger partial charge in [-0.05, 0) is 47.2 Å². The molecule has 5 nitrogen and oxygen atoms in total. The molecule has 3 aromatic rings. The van der Waals surface area contributed by atoms with Gasteiger partial charge >= 0.3 is 0 Å². The van der Waals surface area contributed by atoms with Gasteiger partial charge in [-0.25, -0.2) is 0 Å². The third-order valence-corrected chi connectivity index (χ3v) is 4.01. The monoisotopic (exact) mass is 298 g/mol. The molecule has 6 heteroatoms. The van der Waals surface area contributed by atoms with Crippen LogP contribution < -0.4 is 0 Å². The van der Waals surface area contributed by atoms with Crippen LogP contribution >= 0.6 is 11.8 Å². The Labute approximate surface area is 126 Å². The molecule has 0 unspecified atom stereocenters. The van der Waals surface area contributed by atoms with Crippen molar-refractivity contribution >= 4 is 11.8 Å². The molecule has 1 aromatic heterocycles. The third kappa shape index (κ3) is 3.22. The van der Waals surface area contributed by atoms with Crippen LogP contribution in [0.2, 0.25) is 0 Å². The minimum atomic E-state index is 0.223. The van der Waals surface area contributed by atoms with Crippen LogP contribution in [0.15, 0.2) is 53.7 Å². The topological polar surface area (TPSA) is 63.8 Å². The van der Waals surface area contributed by atoms with Crippen molar-refractivity contribution in [1.29, 1.82) is 0 Å². The highest BCUT2D eigenvalue weighted by atomic mass is 32.2. The number of tetrazole rings is 1. The van der Waals surface area contributed by atoms with Crippen molar-refractivity contribution in [2.24, 2.45) is 0 Å². The van der Waals surface area contributed by atoms with Crippen LogP contribution in [0.4, 0.5) is 0 Å². The SMILES string of the molecule is Cc1ccc(CSc2nnnn2-c2ccc(O)cc2)cc1. The molecule has 0 bridgehead atoms. The van der Waals surface area contributed by atoms with Crippen molar-refractivity contribution < 1.29 is 5.11 Å². The van der Waals surface area contributed by atoms with Gasteiger partial charge in [-0.1, -0.05) is 41.6 Å². The molecule has 0 amide bonds. The van der Waals surface area contributed by atoms with Crippen LogP contribution in [0.3, 0.4) is 0 Å². The summed E-state index contributed by atoms with van der Waals surface area (Å²) in [6.45, 7) is 2.07. The van der Waals surface area contributed by atoms with E-state index in [2.05, 4.69) is 46.7 Å². The van der Waals surface area contributed by atoms with E-state index in [0.717, 1.165) is 16.6 Å². The van der Waals surface area contributed by atoms with E-state index >= 15 is 0 Å². The first kappa shape index (κ1) is 13.6. The minimum Gasteiger partial charge on any atom is -0.508 e. The number of thioether (sulfide) groups is 1. The second-order valence-corrected chi connectivity index (χ2v) is 5.61. The van der Waals surface area contributed by atoms with Crippen LogP contribution in [0, 0.1) is 6.92 Å². The summed E-state index contributed by atoms with van der Waals surface area (Å²) < 4.78 is 1.66. The Kier molecular flexibility index (Phi) is 3.87. The minimum absolute atomic E-state index is 0.223. The summed E-state index contributed by atoms with van der Waals surface area (Å²) in [6.07, 6.45) is 0. The van der Waals surface area contributed by atoms with Crippen LogP contribution in [-0.2, 0) is 5.75 Å². The number of hydrogen-bond acceptors (Lipinski definition) is 5. The highest BCUT2D eigenvalue weighted by Crippen LogP contribution is 2.23. The second kappa shape index (κ2) is 5.97. The first-order valence-electron chi connectivity index (χ1n) is 6.48. The van der Waals surface area contributed by atoms with Gasteiger partial charge < -0.3 is 5.11 Å². The number of benzene rings is 2. The van der Waals surface area contributed by atoms with Gasteiger partial charge in [0.25, 0.3) is 0 Å². The van der Waals surface area contributed by atoms with Gasteiger partial charge in [-0.2, -0.15) is 4.68 Å². The standard InChI is InChI=1S/C15H14N4OS/c1-11-2-4-12(5-3-11)10-21-15-16-17-18-19(15)13-6-8-14(20)9-7-13/h2-9,20H,10H2,1H3. The molecule has 0 saturated carbocycles. The Hall–Kier alpha value is -2.34. The number of phenolic OH excluding ortho intramolecular Hbond substituents is 1. The van der Waals surface area contributed by atoms with Crippen LogP contribution in [0.1, 0.15) is 11.1 Å².